The van der Waals surface area contributed by atoms with Crippen molar-refractivity contribution < 1.29 is 9.90 Å². The van der Waals surface area contributed by atoms with Gasteiger partial charge >= 0.3 is 0 Å². The summed E-state index contributed by atoms with van der Waals surface area (Å²) in [5, 5.41) is 7.00. The lowest BCUT2D eigenvalue weighted by Crippen LogP contribution is -1.91. The first kappa shape index (κ1) is 13.1. The highest BCUT2D eigenvalue weighted by Gasteiger charge is 2.01. The Morgan fingerprint density at radius 1 is 1.06 bits per heavy atom. The van der Waals surface area contributed by atoms with E-state index in [0.717, 1.165) is 30.2 Å². The Morgan fingerprint density at radius 3 is 2.29 bits per heavy atom. The molecule has 0 aliphatic carbocycles. The molecule has 0 bridgehead atoms. The minimum Gasteiger partial charge on any atom is -0.400 e. The molecular weight excluding hydrogens is 214 g/mol. The minimum absolute atomic E-state index is 0.480. The van der Waals surface area contributed by atoms with Crippen molar-refractivity contribution in [2.24, 2.45) is 0 Å². The average molecular weight is 229 g/mol. The molecular formula is C14H15NO2. The highest BCUT2D eigenvalue weighted by Crippen LogP contribution is 2.19. The Labute approximate surface area is 101 Å². The van der Waals surface area contributed by atoms with Crippen LogP contribution >= 0.6 is 0 Å². The van der Waals surface area contributed by atoms with Crippen LogP contribution in [0.25, 0.3) is 11.1 Å². The smallest absolute Gasteiger partial charge is 0.168 e. The Kier molecular flexibility index (Phi) is 5.04. The van der Waals surface area contributed by atoms with Crippen molar-refractivity contribution in [2.45, 2.75) is 6.92 Å². The second kappa shape index (κ2) is 6.55. The molecule has 3 nitrogen and oxygen atoms in total. The number of aliphatic hydroxyl groups is 1. The molecule has 1 aromatic heterocycles. The van der Waals surface area contributed by atoms with E-state index in [1.165, 1.54) is 0 Å². The van der Waals surface area contributed by atoms with E-state index in [1.807, 2.05) is 43.3 Å². The molecule has 0 saturated carbocycles. The summed E-state index contributed by atoms with van der Waals surface area (Å²) < 4.78 is 0. The van der Waals surface area contributed by atoms with Crippen molar-refractivity contribution >= 4 is 6.29 Å². The van der Waals surface area contributed by atoms with Gasteiger partial charge in [0.1, 0.15) is 5.69 Å². The number of aldehydes is 1. The molecule has 0 amide bonds. The molecule has 0 fully saturated rings. The van der Waals surface area contributed by atoms with E-state index in [9.17, 15) is 4.79 Å². The second-order valence-electron chi connectivity index (χ2n) is 3.41. The normalized spacial score (nSPS) is 9.12. The molecule has 0 saturated heterocycles. The summed E-state index contributed by atoms with van der Waals surface area (Å²) in [7, 11) is 1.00. The number of rotatable bonds is 2. The first-order valence-electron chi connectivity index (χ1n) is 5.23. The molecule has 0 spiro atoms. The molecule has 1 aromatic carbocycles. The predicted molar refractivity (Wildman–Crippen MR) is 67.9 cm³/mol. The number of nitrogens with zero attached hydrogens (tertiary/aromatic N) is 1. The number of hydrogen-bond acceptors (Lipinski definition) is 3. The van der Waals surface area contributed by atoms with Gasteiger partial charge in [-0.3, -0.25) is 9.78 Å². The van der Waals surface area contributed by atoms with Crippen LogP contribution < -0.4 is 0 Å². The Bertz CT molecular complexity index is 481. The van der Waals surface area contributed by atoms with Crippen LogP contribution in [0.3, 0.4) is 0 Å². The lowest BCUT2D eigenvalue weighted by atomic mass is 10.1. The standard InChI is InChI=1S/C13H11NO.CH4O/c1-10-7-12(8-13(9-15)14-10)11-5-3-2-4-6-11;1-2/h2-9H,1H3;2H,1H3. The van der Waals surface area contributed by atoms with Crippen LogP contribution in [-0.2, 0) is 0 Å². The molecule has 3 heteroatoms. The Balaban J connectivity index is 0.000000686. The number of aromatic nitrogens is 1. The van der Waals surface area contributed by atoms with Gasteiger partial charge in [-0.15, -0.1) is 0 Å². The summed E-state index contributed by atoms with van der Waals surface area (Å²) in [6.07, 6.45) is 0.777. The van der Waals surface area contributed by atoms with Gasteiger partial charge in [0.15, 0.2) is 6.29 Å². The van der Waals surface area contributed by atoms with Crippen LogP contribution in [-0.4, -0.2) is 23.5 Å². The van der Waals surface area contributed by atoms with E-state index >= 15 is 0 Å². The Morgan fingerprint density at radius 2 is 1.71 bits per heavy atom. The fourth-order valence-electron chi connectivity index (χ4n) is 1.55. The van der Waals surface area contributed by atoms with Gasteiger partial charge in [0.2, 0.25) is 0 Å². The van der Waals surface area contributed by atoms with Gasteiger partial charge in [-0.1, -0.05) is 30.3 Å². The van der Waals surface area contributed by atoms with Gasteiger partial charge in [0, 0.05) is 12.8 Å². The van der Waals surface area contributed by atoms with Crippen LogP contribution in [0.5, 0.6) is 0 Å². The lowest BCUT2D eigenvalue weighted by Gasteiger charge is -2.03. The van der Waals surface area contributed by atoms with Crippen LogP contribution in [0.2, 0.25) is 0 Å². The zero-order valence-electron chi connectivity index (χ0n) is 9.92. The van der Waals surface area contributed by atoms with E-state index in [-0.39, 0.29) is 0 Å². The number of aliphatic hydroxyl groups excluding tert-OH is 1. The van der Waals surface area contributed by atoms with Gasteiger partial charge in [-0.2, -0.15) is 0 Å². The zero-order valence-corrected chi connectivity index (χ0v) is 9.92. The van der Waals surface area contributed by atoms with Crippen molar-refractivity contribution in [3.8, 4) is 11.1 Å². The summed E-state index contributed by atoms with van der Waals surface area (Å²) in [6, 6.07) is 13.7. The largest absolute Gasteiger partial charge is 0.400 e. The molecule has 17 heavy (non-hydrogen) atoms. The highest BCUT2D eigenvalue weighted by atomic mass is 16.2. The number of aryl methyl sites for hydroxylation is 1. The van der Waals surface area contributed by atoms with E-state index in [4.69, 9.17) is 5.11 Å². The molecule has 0 aliphatic rings. The molecule has 0 atom stereocenters. The van der Waals surface area contributed by atoms with Crippen LogP contribution in [0.1, 0.15) is 16.2 Å². The molecule has 2 rings (SSSR count). The van der Waals surface area contributed by atoms with E-state index in [2.05, 4.69) is 4.98 Å². The topological polar surface area (TPSA) is 50.2 Å². The summed E-state index contributed by atoms with van der Waals surface area (Å²) in [4.78, 5) is 14.8. The van der Waals surface area contributed by atoms with E-state index < -0.39 is 0 Å². The molecule has 1 N–H and O–H groups in total. The van der Waals surface area contributed by atoms with Crippen molar-refractivity contribution in [3.05, 3.63) is 53.9 Å². The number of carbonyl (C=O) groups excluding carboxylic acids is 1. The maximum absolute atomic E-state index is 10.7. The van der Waals surface area contributed by atoms with Gasteiger partial charge in [0.25, 0.3) is 0 Å². The van der Waals surface area contributed by atoms with Gasteiger partial charge < -0.3 is 5.11 Å². The highest BCUT2D eigenvalue weighted by molar-refractivity contribution is 5.76. The molecule has 2 aromatic rings. The molecule has 0 radical (unpaired) electrons. The lowest BCUT2D eigenvalue weighted by molar-refractivity contribution is 0.111. The van der Waals surface area contributed by atoms with E-state index in [0.29, 0.717) is 5.69 Å². The summed E-state index contributed by atoms with van der Waals surface area (Å²) in [6.45, 7) is 1.89. The number of hydrogen-bond donors (Lipinski definition) is 1. The second-order valence-corrected chi connectivity index (χ2v) is 3.41. The number of carbonyl (C=O) groups is 1. The number of benzene rings is 1. The average Bonchev–Trinajstić information content (AvgIpc) is 2.41. The first-order chi connectivity index (χ1) is 8.29. The third-order valence-electron chi connectivity index (χ3n) is 2.20. The summed E-state index contributed by atoms with van der Waals surface area (Å²) >= 11 is 0. The van der Waals surface area contributed by atoms with Crippen molar-refractivity contribution in [1.82, 2.24) is 4.98 Å². The van der Waals surface area contributed by atoms with Gasteiger partial charge in [-0.25, -0.2) is 0 Å². The fraction of sp³-hybridized carbons (Fsp3) is 0.143. The van der Waals surface area contributed by atoms with Gasteiger partial charge in [-0.05, 0) is 30.2 Å². The third kappa shape index (κ3) is 3.50. The van der Waals surface area contributed by atoms with Gasteiger partial charge in [0.05, 0.1) is 0 Å². The predicted octanol–water partition coefficient (Wildman–Crippen LogP) is 2.48. The van der Waals surface area contributed by atoms with Crippen LogP contribution in [0.4, 0.5) is 0 Å². The SMILES string of the molecule is CO.Cc1cc(-c2ccccc2)cc(C=O)n1. The van der Waals surface area contributed by atoms with Crippen LogP contribution in [0.15, 0.2) is 42.5 Å². The Hall–Kier alpha value is -2.00. The quantitative estimate of drug-likeness (QED) is 0.805. The summed E-state index contributed by atoms with van der Waals surface area (Å²) in [5.74, 6) is 0. The van der Waals surface area contributed by atoms with Crippen molar-refractivity contribution in [3.63, 3.8) is 0 Å². The maximum atomic E-state index is 10.7. The molecule has 1 heterocycles. The first-order valence-corrected chi connectivity index (χ1v) is 5.23. The molecule has 0 aliphatic heterocycles. The molecule has 0 unspecified atom stereocenters. The summed E-state index contributed by atoms with van der Waals surface area (Å²) in [5.41, 5.74) is 3.48. The van der Waals surface area contributed by atoms with Crippen molar-refractivity contribution in [1.29, 1.82) is 0 Å². The third-order valence-corrected chi connectivity index (χ3v) is 2.20. The van der Waals surface area contributed by atoms with E-state index in [1.54, 1.807) is 6.07 Å². The maximum Gasteiger partial charge on any atom is 0.168 e. The monoisotopic (exact) mass is 229 g/mol. The van der Waals surface area contributed by atoms with Crippen LogP contribution in [0, 0.1) is 6.92 Å². The fourth-order valence-corrected chi connectivity index (χ4v) is 1.55. The number of pyridine rings is 1. The molecule has 88 valence electrons. The van der Waals surface area contributed by atoms with Crippen molar-refractivity contribution in [2.75, 3.05) is 7.11 Å². The zero-order chi connectivity index (χ0) is 12.7. The minimum atomic E-state index is 0.480.